The van der Waals surface area contributed by atoms with E-state index in [0.717, 1.165) is 100 Å². The van der Waals surface area contributed by atoms with Crippen LogP contribution < -0.4 is 40.8 Å². The second-order valence-electron chi connectivity index (χ2n) is 17.3. The highest BCUT2D eigenvalue weighted by atomic mass is 16.5. The molecule has 0 bridgehead atoms. The normalized spacial score (nSPS) is 23.6. The Morgan fingerprint density at radius 3 is 1.38 bits per heavy atom. The average molecular weight is 901 g/mol. The molecular formula is C50H60N8O8. The molecule has 16 heteroatoms. The van der Waals surface area contributed by atoms with Crippen LogP contribution in [-0.4, -0.2) is 96.1 Å². The van der Waals surface area contributed by atoms with E-state index in [1.807, 2.05) is 23.6 Å². The molecule has 6 atom stereocenters. The number of anilines is 2. The number of rotatable bonds is 6. The first-order valence-electron chi connectivity index (χ1n) is 22.6. The minimum atomic E-state index is -0.833. The van der Waals surface area contributed by atoms with Gasteiger partial charge in [-0.05, 0) is 124 Å². The van der Waals surface area contributed by atoms with E-state index in [-0.39, 0.29) is 23.9 Å². The Bertz CT molecular complexity index is 2240. The molecule has 0 unspecified atom stereocenters. The molecule has 348 valence electrons. The minimum Gasteiger partial charge on any atom is -0.483 e. The van der Waals surface area contributed by atoms with Gasteiger partial charge in [-0.25, -0.2) is 10.9 Å². The third kappa shape index (κ3) is 11.9. The Kier molecular flexibility index (Phi) is 15.7. The topological polar surface area (TPSA) is 207 Å². The first-order valence-corrected chi connectivity index (χ1v) is 22.6. The number of nitrogens with zero attached hydrogens (tertiary/aromatic N) is 4. The van der Waals surface area contributed by atoms with E-state index in [1.165, 1.54) is 22.3 Å². The fourth-order valence-corrected chi connectivity index (χ4v) is 9.32. The van der Waals surface area contributed by atoms with Crippen molar-refractivity contribution in [3.8, 4) is 11.5 Å². The Hall–Kier alpha value is -6.78. The van der Waals surface area contributed by atoms with Crippen molar-refractivity contribution in [3.05, 3.63) is 119 Å². The van der Waals surface area contributed by atoms with Crippen molar-refractivity contribution in [1.82, 2.24) is 21.5 Å². The fraction of sp³-hybridized carbons (Fsp3) is 0.400. The van der Waals surface area contributed by atoms with E-state index in [9.17, 15) is 9.59 Å². The van der Waals surface area contributed by atoms with Gasteiger partial charge in [-0.1, -0.05) is 72.8 Å². The zero-order chi connectivity index (χ0) is 46.7. The third-order valence-electron chi connectivity index (χ3n) is 12.5. The Morgan fingerprint density at radius 2 is 1.00 bits per heavy atom. The van der Waals surface area contributed by atoms with Crippen molar-refractivity contribution >= 4 is 46.8 Å². The summed E-state index contributed by atoms with van der Waals surface area (Å²) >= 11 is 0. The molecule has 0 spiro atoms. The average Bonchev–Trinajstić information content (AvgIpc) is 3.31. The van der Waals surface area contributed by atoms with Crippen molar-refractivity contribution in [2.24, 2.45) is 10.2 Å². The van der Waals surface area contributed by atoms with Crippen LogP contribution >= 0.6 is 0 Å². The molecule has 16 nitrogen and oxygen atoms in total. The summed E-state index contributed by atoms with van der Waals surface area (Å²) in [6, 6.07) is 34.6. The SMILES string of the molecule is CC(=O)O.CC(=O)O.C[C@@H]1C(=O)NN=C2COc3ccc([C@@H]4CCN[C@H](Cc5ccccc5)C4)cc3N21.C[C@@H]1C(=O)NN=C2COc3ccc([C@H]4CCN[C@H](Cc5ccccc5)C4)cc3N21. The molecular weight excluding hydrogens is 841 g/mol. The number of carbonyl (C=O) groups is 4. The lowest BCUT2D eigenvalue weighted by molar-refractivity contribution is -0.135. The van der Waals surface area contributed by atoms with Gasteiger partial charge in [0.05, 0.1) is 11.4 Å². The summed E-state index contributed by atoms with van der Waals surface area (Å²) < 4.78 is 11.8. The summed E-state index contributed by atoms with van der Waals surface area (Å²) in [5, 5.41) is 30.6. The Labute approximate surface area is 385 Å². The number of hydrogen-bond acceptors (Lipinski definition) is 12. The number of ether oxygens (including phenoxy) is 2. The van der Waals surface area contributed by atoms with Crippen molar-refractivity contribution < 1.29 is 38.9 Å². The number of hydrogen-bond donors (Lipinski definition) is 6. The maximum atomic E-state index is 12.2. The number of carboxylic acid groups (broad SMARTS) is 2. The number of fused-ring (bicyclic) bond motifs is 6. The van der Waals surface area contributed by atoms with Crippen LogP contribution in [-0.2, 0) is 32.0 Å². The van der Waals surface area contributed by atoms with Gasteiger partial charge < -0.3 is 40.1 Å². The lowest BCUT2D eigenvalue weighted by Gasteiger charge is -2.39. The molecule has 0 aliphatic carbocycles. The number of carbonyl (C=O) groups excluding carboxylic acids is 2. The van der Waals surface area contributed by atoms with Crippen LogP contribution in [0.4, 0.5) is 11.4 Å². The lowest BCUT2D eigenvalue weighted by Crippen LogP contribution is -2.55. The molecule has 10 rings (SSSR count). The Morgan fingerprint density at radius 1 is 0.621 bits per heavy atom. The number of amides is 2. The summed E-state index contributed by atoms with van der Waals surface area (Å²) in [6.07, 6.45) is 6.53. The number of benzene rings is 4. The number of hydrazone groups is 2. The van der Waals surface area contributed by atoms with E-state index >= 15 is 0 Å². The van der Waals surface area contributed by atoms with Crippen molar-refractivity contribution in [1.29, 1.82) is 0 Å². The number of aliphatic carboxylic acids is 2. The van der Waals surface area contributed by atoms with E-state index in [2.05, 4.69) is 129 Å². The van der Waals surface area contributed by atoms with Crippen LogP contribution in [0.1, 0.15) is 87.5 Å². The summed E-state index contributed by atoms with van der Waals surface area (Å²) in [5.41, 5.74) is 12.4. The van der Waals surface area contributed by atoms with E-state index in [0.29, 0.717) is 37.1 Å². The standard InChI is InChI=1S/2C23H26N4O2.2C2H4O2/c2*1-15-23(28)26-25-22-14-29-21-8-7-17(13-20(21)27(15)22)18-9-10-24-19(12-18)11-16-5-3-2-4-6-16;2*1-2(3)4/h2*2-8,13,15,18-19,24H,9-12,14H2,1H3,(H,26,28);2*1H3,(H,3,4)/t15-,18+,19-;15-,18-,19-;;/m11../s1. The van der Waals surface area contributed by atoms with Gasteiger partial charge in [-0.3, -0.25) is 19.2 Å². The van der Waals surface area contributed by atoms with Gasteiger partial charge in [-0.2, -0.15) is 10.2 Å². The molecule has 0 aromatic heterocycles. The number of carboxylic acids is 2. The van der Waals surface area contributed by atoms with Crippen LogP contribution in [0.3, 0.4) is 0 Å². The van der Waals surface area contributed by atoms with E-state index < -0.39 is 11.9 Å². The van der Waals surface area contributed by atoms with Crippen LogP contribution in [0.5, 0.6) is 11.5 Å². The maximum Gasteiger partial charge on any atom is 0.300 e. The molecule has 6 heterocycles. The van der Waals surface area contributed by atoms with Gasteiger partial charge >= 0.3 is 0 Å². The lowest BCUT2D eigenvalue weighted by atomic mass is 9.84. The maximum absolute atomic E-state index is 12.2. The molecule has 0 saturated carbocycles. The molecule has 6 N–H and O–H groups in total. The molecule has 4 aromatic rings. The monoisotopic (exact) mass is 900 g/mol. The van der Waals surface area contributed by atoms with Gasteiger partial charge in [0, 0.05) is 25.9 Å². The van der Waals surface area contributed by atoms with Crippen LogP contribution in [0.25, 0.3) is 0 Å². The molecule has 66 heavy (non-hydrogen) atoms. The molecule has 0 radical (unpaired) electrons. The van der Waals surface area contributed by atoms with Gasteiger partial charge in [0.25, 0.3) is 23.8 Å². The second kappa shape index (κ2) is 21.9. The summed E-state index contributed by atoms with van der Waals surface area (Å²) in [4.78, 5) is 46.3. The minimum absolute atomic E-state index is 0.0863. The van der Waals surface area contributed by atoms with Gasteiger partial charge in [-0.15, -0.1) is 0 Å². The quantitative estimate of drug-likeness (QED) is 0.136. The van der Waals surface area contributed by atoms with Gasteiger partial charge in [0.2, 0.25) is 0 Å². The molecule has 6 aliphatic rings. The summed E-state index contributed by atoms with van der Waals surface area (Å²) in [7, 11) is 0. The second-order valence-corrected chi connectivity index (χ2v) is 17.3. The number of piperidine rings is 2. The zero-order valence-corrected chi connectivity index (χ0v) is 37.9. The number of amidine groups is 2. The predicted molar refractivity (Wildman–Crippen MR) is 253 cm³/mol. The third-order valence-corrected chi connectivity index (χ3v) is 12.5. The van der Waals surface area contributed by atoms with Crippen LogP contribution in [0, 0.1) is 0 Å². The smallest absolute Gasteiger partial charge is 0.300 e. The summed E-state index contributed by atoms with van der Waals surface area (Å²) in [6.45, 7) is 8.78. The first-order chi connectivity index (χ1) is 31.8. The molecule has 4 aromatic carbocycles. The van der Waals surface area contributed by atoms with E-state index in [4.69, 9.17) is 29.3 Å². The van der Waals surface area contributed by atoms with Gasteiger partial charge in [0.15, 0.2) is 11.7 Å². The number of nitrogens with one attached hydrogen (secondary N) is 4. The highest BCUT2D eigenvalue weighted by molar-refractivity contribution is 6.10. The van der Waals surface area contributed by atoms with Gasteiger partial charge in [0.1, 0.15) is 36.8 Å². The largest absolute Gasteiger partial charge is 0.483 e. The molecule has 6 aliphatic heterocycles. The Balaban J connectivity index is 0.000000169. The summed E-state index contributed by atoms with van der Waals surface area (Å²) in [5.74, 6) is 2.31. The van der Waals surface area contributed by atoms with Crippen molar-refractivity contribution in [2.75, 3.05) is 36.1 Å². The van der Waals surface area contributed by atoms with E-state index in [1.54, 1.807) is 0 Å². The fourth-order valence-electron chi connectivity index (χ4n) is 9.32. The molecule has 2 amide bonds. The van der Waals surface area contributed by atoms with Crippen molar-refractivity contribution in [3.63, 3.8) is 0 Å². The first kappa shape index (κ1) is 47.2. The zero-order valence-electron chi connectivity index (χ0n) is 37.9. The van der Waals surface area contributed by atoms with Crippen molar-refractivity contribution in [2.45, 2.75) is 102 Å². The predicted octanol–water partition coefficient (Wildman–Crippen LogP) is 5.77. The van der Waals surface area contributed by atoms with Crippen LogP contribution in [0.2, 0.25) is 0 Å². The molecule has 2 fully saturated rings. The van der Waals surface area contributed by atoms with Crippen LogP contribution in [0.15, 0.2) is 107 Å². The highest BCUT2D eigenvalue weighted by Crippen LogP contribution is 2.41. The highest BCUT2D eigenvalue weighted by Gasteiger charge is 2.37. The molecule has 2 saturated heterocycles.